The maximum Gasteiger partial charge on any atom is 0.240 e. The van der Waals surface area contributed by atoms with Crippen molar-refractivity contribution in [2.45, 2.75) is 0 Å². The lowest BCUT2D eigenvalue weighted by Crippen LogP contribution is -1.95. The van der Waals surface area contributed by atoms with Gasteiger partial charge in [0, 0.05) is 5.02 Å². The highest BCUT2D eigenvalue weighted by molar-refractivity contribution is 6.36. The van der Waals surface area contributed by atoms with Crippen LogP contribution in [0.15, 0.2) is 30.3 Å². The number of anilines is 1. The highest BCUT2D eigenvalue weighted by Crippen LogP contribution is 2.32. The summed E-state index contributed by atoms with van der Waals surface area (Å²) in [6.45, 7) is 0. The van der Waals surface area contributed by atoms with Crippen LogP contribution in [0.25, 0.3) is 0 Å². The predicted molar refractivity (Wildman–Crippen MR) is 70.2 cm³/mol. The Morgan fingerprint density at radius 3 is 2.29 bits per heavy atom. The Hall–Kier alpha value is -1.16. The zero-order chi connectivity index (χ0) is 12.4. The van der Waals surface area contributed by atoms with Crippen molar-refractivity contribution < 1.29 is 4.74 Å². The molecule has 1 aromatic carbocycles. The average Bonchev–Trinajstić information content (AvgIpc) is 2.29. The first-order valence-corrected chi connectivity index (χ1v) is 5.74. The first-order chi connectivity index (χ1) is 8.06. The number of rotatable bonds is 2. The highest BCUT2D eigenvalue weighted by atomic mass is 35.5. The number of ether oxygens (including phenoxy) is 1. The van der Waals surface area contributed by atoms with E-state index in [1.807, 2.05) is 0 Å². The molecule has 0 atom stereocenters. The van der Waals surface area contributed by atoms with E-state index in [0.29, 0.717) is 20.8 Å². The van der Waals surface area contributed by atoms with Gasteiger partial charge in [-0.15, -0.1) is 0 Å². The van der Waals surface area contributed by atoms with E-state index >= 15 is 0 Å². The van der Waals surface area contributed by atoms with Crippen LogP contribution in [0, 0.1) is 0 Å². The van der Waals surface area contributed by atoms with Crippen LogP contribution in [0.3, 0.4) is 0 Å². The molecule has 6 heteroatoms. The van der Waals surface area contributed by atoms with Gasteiger partial charge in [0.25, 0.3) is 0 Å². The lowest BCUT2D eigenvalue weighted by molar-refractivity contribution is 0.464. The van der Waals surface area contributed by atoms with E-state index in [9.17, 15) is 0 Å². The molecule has 2 aromatic rings. The average molecular weight is 290 g/mol. The van der Waals surface area contributed by atoms with Crippen LogP contribution in [-0.4, -0.2) is 4.98 Å². The van der Waals surface area contributed by atoms with Gasteiger partial charge in [-0.2, -0.15) is 4.98 Å². The normalized spacial score (nSPS) is 10.3. The number of halogens is 3. The molecule has 0 spiro atoms. The maximum atomic E-state index is 5.93. The largest absolute Gasteiger partial charge is 0.437 e. The molecule has 0 amide bonds. The molecule has 2 rings (SSSR count). The Bertz CT molecular complexity index is 543. The zero-order valence-corrected chi connectivity index (χ0v) is 10.7. The maximum absolute atomic E-state index is 5.93. The molecular weight excluding hydrogens is 282 g/mol. The fraction of sp³-hybridized carbons (Fsp3) is 0. The number of nitrogen functional groups attached to an aromatic ring is 1. The van der Waals surface area contributed by atoms with Gasteiger partial charge in [-0.3, -0.25) is 0 Å². The van der Waals surface area contributed by atoms with E-state index in [0.717, 1.165) is 0 Å². The first-order valence-electron chi connectivity index (χ1n) is 4.61. The van der Waals surface area contributed by atoms with E-state index < -0.39 is 0 Å². The monoisotopic (exact) mass is 288 g/mol. The lowest BCUT2D eigenvalue weighted by Gasteiger charge is -2.08. The summed E-state index contributed by atoms with van der Waals surface area (Å²) >= 11 is 17.5. The second-order valence-corrected chi connectivity index (χ2v) is 4.45. The smallest absolute Gasteiger partial charge is 0.240 e. The Labute approximate surface area is 113 Å². The topological polar surface area (TPSA) is 48.1 Å². The van der Waals surface area contributed by atoms with Crippen molar-refractivity contribution in [2.75, 3.05) is 5.73 Å². The van der Waals surface area contributed by atoms with E-state index in [1.165, 1.54) is 6.07 Å². The van der Waals surface area contributed by atoms with E-state index in [-0.39, 0.29) is 11.7 Å². The summed E-state index contributed by atoms with van der Waals surface area (Å²) in [4.78, 5) is 3.95. The minimum Gasteiger partial charge on any atom is -0.437 e. The van der Waals surface area contributed by atoms with Crippen LogP contribution in [-0.2, 0) is 0 Å². The molecule has 0 saturated carbocycles. The van der Waals surface area contributed by atoms with Crippen molar-refractivity contribution in [3.8, 4) is 11.6 Å². The Balaban J connectivity index is 2.30. The van der Waals surface area contributed by atoms with Crippen LogP contribution in [0.1, 0.15) is 0 Å². The Kier molecular flexibility index (Phi) is 3.62. The molecule has 0 saturated heterocycles. The fourth-order valence-electron chi connectivity index (χ4n) is 1.15. The second kappa shape index (κ2) is 5.00. The minimum absolute atomic E-state index is 0.167. The molecule has 0 unspecified atom stereocenters. The summed E-state index contributed by atoms with van der Waals surface area (Å²) in [7, 11) is 0. The molecule has 0 radical (unpaired) electrons. The van der Waals surface area contributed by atoms with E-state index in [4.69, 9.17) is 45.3 Å². The molecule has 3 nitrogen and oxygen atoms in total. The number of pyridine rings is 1. The summed E-state index contributed by atoms with van der Waals surface area (Å²) < 4.78 is 5.46. The minimum atomic E-state index is 0.167. The van der Waals surface area contributed by atoms with Gasteiger partial charge in [-0.25, -0.2) is 0 Å². The third kappa shape index (κ3) is 2.94. The summed E-state index contributed by atoms with van der Waals surface area (Å²) in [5.41, 5.74) is 5.56. The predicted octanol–water partition coefficient (Wildman–Crippen LogP) is 4.42. The number of nitrogens with two attached hydrogens (primary N) is 1. The molecule has 0 aliphatic heterocycles. The highest BCUT2D eigenvalue weighted by Gasteiger charge is 2.09. The molecule has 0 aliphatic rings. The fourth-order valence-corrected chi connectivity index (χ4v) is 1.67. The van der Waals surface area contributed by atoms with Gasteiger partial charge in [0.05, 0.1) is 5.02 Å². The van der Waals surface area contributed by atoms with Gasteiger partial charge in [0.15, 0.2) is 0 Å². The first kappa shape index (κ1) is 12.3. The number of hydrogen-bond acceptors (Lipinski definition) is 3. The zero-order valence-electron chi connectivity index (χ0n) is 8.45. The molecule has 0 bridgehead atoms. The third-order valence-corrected chi connectivity index (χ3v) is 2.78. The Morgan fingerprint density at radius 1 is 1.00 bits per heavy atom. The molecule has 2 N–H and O–H groups in total. The van der Waals surface area contributed by atoms with E-state index in [1.54, 1.807) is 24.3 Å². The van der Waals surface area contributed by atoms with Gasteiger partial charge in [0.2, 0.25) is 5.88 Å². The molecular formula is C11H7Cl3N2O. The van der Waals surface area contributed by atoms with Crippen molar-refractivity contribution in [3.05, 3.63) is 45.4 Å². The van der Waals surface area contributed by atoms with Crippen LogP contribution >= 0.6 is 34.8 Å². The number of aromatic nitrogens is 1. The van der Waals surface area contributed by atoms with Gasteiger partial charge < -0.3 is 10.5 Å². The quantitative estimate of drug-likeness (QED) is 0.890. The molecule has 1 aromatic heterocycles. The van der Waals surface area contributed by atoms with Crippen molar-refractivity contribution in [1.82, 2.24) is 4.98 Å². The number of nitrogens with zero attached hydrogens (tertiary/aromatic N) is 1. The van der Waals surface area contributed by atoms with Gasteiger partial charge in [-0.05, 0) is 30.3 Å². The standard InChI is InChI=1S/C11H7Cl3N2O/c12-6-1-3-7(4-2-6)17-11-9(14)5-8(13)10(15)16-11/h1-5H,(H2,15,16). The van der Waals surface area contributed by atoms with Crippen LogP contribution in [0.4, 0.5) is 5.82 Å². The molecule has 17 heavy (non-hydrogen) atoms. The summed E-state index contributed by atoms with van der Waals surface area (Å²) in [6, 6.07) is 8.28. The van der Waals surface area contributed by atoms with Gasteiger partial charge >= 0.3 is 0 Å². The van der Waals surface area contributed by atoms with Gasteiger partial charge in [-0.1, -0.05) is 34.8 Å². The number of hydrogen-bond donors (Lipinski definition) is 1. The second-order valence-electron chi connectivity index (χ2n) is 3.20. The van der Waals surface area contributed by atoms with Crippen LogP contribution in [0.5, 0.6) is 11.6 Å². The van der Waals surface area contributed by atoms with Crippen molar-refractivity contribution in [2.24, 2.45) is 0 Å². The summed E-state index contributed by atoms with van der Waals surface area (Å²) in [6.07, 6.45) is 0. The van der Waals surface area contributed by atoms with Crippen molar-refractivity contribution in [3.63, 3.8) is 0 Å². The van der Waals surface area contributed by atoms with Crippen LogP contribution in [0.2, 0.25) is 15.1 Å². The SMILES string of the molecule is Nc1nc(Oc2ccc(Cl)cc2)c(Cl)cc1Cl. The molecule has 88 valence electrons. The lowest BCUT2D eigenvalue weighted by atomic mass is 10.3. The third-order valence-electron chi connectivity index (χ3n) is 1.95. The van der Waals surface area contributed by atoms with Crippen molar-refractivity contribution in [1.29, 1.82) is 0 Å². The van der Waals surface area contributed by atoms with Crippen molar-refractivity contribution >= 4 is 40.6 Å². The molecule has 1 heterocycles. The summed E-state index contributed by atoms with van der Waals surface area (Å²) in [5, 5.41) is 1.20. The number of benzene rings is 1. The molecule has 0 aliphatic carbocycles. The van der Waals surface area contributed by atoms with Crippen LogP contribution < -0.4 is 10.5 Å². The van der Waals surface area contributed by atoms with Gasteiger partial charge in [0.1, 0.15) is 16.6 Å². The molecule has 0 fully saturated rings. The van der Waals surface area contributed by atoms with E-state index in [2.05, 4.69) is 4.98 Å². The summed E-state index contributed by atoms with van der Waals surface area (Å²) in [5.74, 6) is 0.932. The Morgan fingerprint density at radius 2 is 1.65 bits per heavy atom.